The number of aromatic nitrogens is 3. The molecule has 2 N–H and O–H groups in total. The van der Waals surface area contributed by atoms with Crippen LogP contribution in [0, 0.1) is 0 Å². The summed E-state index contributed by atoms with van der Waals surface area (Å²) in [4.78, 5) is 0. The minimum atomic E-state index is 0.116. The second kappa shape index (κ2) is 4.94. The zero-order valence-electron chi connectivity index (χ0n) is 8.10. The number of ether oxygens (including phenoxy) is 1. The molecular weight excluding hydrogens is 168 g/mol. The van der Waals surface area contributed by atoms with Crippen LogP contribution in [-0.4, -0.2) is 34.5 Å². The van der Waals surface area contributed by atoms with E-state index in [9.17, 15) is 0 Å². The summed E-state index contributed by atoms with van der Waals surface area (Å²) in [6.45, 7) is 3.41. The van der Waals surface area contributed by atoms with Crippen LogP contribution < -0.4 is 5.73 Å². The highest BCUT2D eigenvalue weighted by Crippen LogP contribution is 1.98. The minimum Gasteiger partial charge on any atom is -0.383 e. The van der Waals surface area contributed by atoms with Gasteiger partial charge in [-0.25, -0.2) is 0 Å². The van der Waals surface area contributed by atoms with E-state index in [0.717, 1.165) is 18.8 Å². The monoisotopic (exact) mass is 184 g/mol. The Morgan fingerprint density at radius 3 is 3.08 bits per heavy atom. The predicted molar refractivity (Wildman–Crippen MR) is 49.3 cm³/mol. The quantitative estimate of drug-likeness (QED) is 0.689. The van der Waals surface area contributed by atoms with Crippen molar-refractivity contribution in [2.75, 3.05) is 13.7 Å². The first kappa shape index (κ1) is 10.1. The molecule has 1 aromatic rings. The lowest BCUT2D eigenvalue weighted by atomic mass is 10.2. The topological polar surface area (TPSA) is 66.0 Å². The number of rotatable bonds is 5. The molecule has 0 bridgehead atoms. The maximum atomic E-state index is 5.67. The molecule has 0 amide bonds. The molecule has 0 aromatic carbocycles. The highest BCUT2D eigenvalue weighted by molar-refractivity contribution is 4.88. The molecule has 1 rings (SSSR count). The zero-order valence-corrected chi connectivity index (χ0v) is 8.10. The third-order valence-electron chi connectivity index (χ3n) is 1.74. The Balaban J connectivity index is 2.55. The molecular formula is C8H16N4O. The fourth-order valence-electron chi connectivity index (χ4n) is 1.10. The molecule has 1 heterocycles. The van der Waals surface area contributed by atoms with Gasteiger partial charge in [-0.3, -0.25) is 0 Å². The van der Waals surface area contributed by atoms with Crippen molar-refractivity contribution in [3.63, 3.8) is 0 Å². The number of nitrogens with two attached hydrogens (primary N) is 1. The van der Waals surface area contributed by atoms with Crippen molar-refractivity contribution in [3.05, 3.63) is 12.2 Å². The van der Waals surface area contributed by atoms with Crippen molar-refractivity contribution in [2.45, 2.75) is 25.9 Å². The molecule has 0 radical (unpaired) electrons. The van der Waals surface area contributed by atoms with Crippen LogP contribution in [0.3, 0.4) is 0 Å². The van der Waals surface area contributed by atoms with Gasteiger partial charge >= 0.3 is 0 Å². The molecule has 0 aliphatic carbocycles. The van der Waals surface area contributed by atoms with Crippen LogP contribution in [0.1, 0.15) is 12.7 Å². The Kier molecular flexibility index (Phi) is 3.85. The number of hydrogen-bond donors (Lipinski definition) is 1. The maximum Gasteiger partial charge on any atom is 0.134 e. The van der Waals surface area contributed by atoms with Crippen molar-refractivity contribution in [2.24, 2.45) is 5.73 Å². The lowest BCUT2D eigenvalue weighted by molar-refractivity contribution is 0.186. The Morgan fingerprint density at radius 2 is 2.46 bits per heavy atom. The Bertz CT molecular complexity index is 246. The van der Waals surface area contributed by atoms with Gasteiger partial charge in [-0.1, -0.05) is 0 Å². The molecule has 1 atom stereocenters. The van der Waals surface area contributed by atoms with Gasteiger partial charge in [0.05, 0.1) is 6.61 Å². The van der Waals surface area contributed by atoms with Gasteiger partial charge in [0.25, 0.3) is 0 Å². The van der Waals surface area contributed by atoms with Crippen molar-refractivity contribution >= 4 is 0 Å². The molecule has 1 aromatic heterocycles. The van der Waals surface area contributed by atoms with E-state index in [4.69, 9.17) is 10.5 Å². The molecule has 5 nitrogen and oxygen atoms in total. The summed E-state index contributed by atoms with van der Waals surface area (Å²) in [5, 5.41) is 7.82. The zero-order chi connectivity index (χ0) is 9.68. The van der Waals surface area contributed by atoms with Crippen LogP contribution in [0.25, 0.3) is 0 Å². The molecule has 0 aliphatic rings. The molecule has 0 aliphatic heterocycles. The number of nitrogens with zero attached hydrogens (tertiary/aromatic N) is 3. The third-order valence-corrected chi connectivity index (χ3v) is 1.74. The van der Waals surface area contributed by atoms with Crippen LogP contribution in [-0.2, 0) is 17.7 Å². The summed E-state index contributed by atoms with van der Waals surface area (Å²) in [6.07, 6.45) is 2.46. The second-order valence-electron chi connectivity index (χ2n) is 3.11. The van der Waals surface area contributed by atoms with Crippen molar-refractivity contribution in [1.82, 2.24) is 14.8 Å². The maximum absolute atomic E-state index is 5.67. The van der Waals surface area contributed by atoms with Crippen molar-refractivity contribution in [3.8, 4) is 0 Å². The summed E-state index contributed by atoms with van der Waals surface area (Å²) in [5.41, 5.74) is 5.67. The van der Waals surface area contributed by atoms with Crippen LogP contribution in [0.4, 0.5) is 0 Å². The van der Waals surface area contributed by atoms with Gasteiger partial charge in [-0.15, -0.1) is 10.2 Å². The van der Waals surface area contributed by atoms with Gasteiger partial charge in [-0.2, -0.15) is 0 Å². The standard InChI is InChI=1S/C8H16N4O/c1-7(9)5-8-11-10-6-12(8)3-4-13-2/h6-7H,3-5,9H2,1-2H3. The SMILES string of the molecule is COCCn1cnnc1CC(C)N. The molecule has 0 fully saturated rings. The fraction of sp³-hybridized carbons (Fsp3) is 0.750. The van der Waals surface area contributed by atoms with E-state index in [0.29, 0.717) is 6.61 Å². The number of methoxy groups -OCH3 is 1. The lowest BCUT2D eigenvalue weighted by Gasteiger charge is -2.07. The van der Waals surface area contributed by atoms with Crippen LogP contribution >= 0.6 is 0 Å². The number of hydrogen-bond acceptors (Lipinski definition) is 4. The van der Waals surface area contributed by atoms with Gasteiger partial charge in [0, 0.05) is 26.1 Å². The Hall–Kier alpha value is -0.940. The first-order valence-electron chi connectivity index (χ1n) is 4.35. The van der Waals surface area contributed by atoms with E-state index in [1.807, 2.05) is 11.5 Å². The van der Waals surface area contributed by atoms with E-state index < -0.39 is 0 Å². The Morgan fingerprint density at radius 1 is 1.69 bits per heavy atom. The molecule has 0 saturated carbocycles. The van der Waals surface area contributed by atoms with Crippen LogP contribution in [0.15, 0.2) is 6.33 Å². The minimum absolute atomic E-state index is 0.116. The fourth-order valence-corrected chi connectivity index (χ4v) is 1.10. The second-order valence-corrected chi connectivity index (χ2v) is 3.11. The average Bonchev–Trinajstić information content (AvgIpc) is 2.48. The van der Waals surface area contributed by atoms with Gasteiger partial charge in [0.1, 0.15) is 12.2 Å². The van der Waals surface area contributed by atoms with E-state index in [2.05, 4.69) is 10.2 Å². The predicted octanol–water partition coefficient (Wildman–Crippen LogP) is -0.186. The van der Waals surface area contributed by atoms with Gasteiger partial charge in [0.15, 0.2) is 0 Å². The highest BCUT2D eigenvalue weighted by atomic mass is 16.5. The molecule has 74 valence electrons. The first-order chi connectivity index (χ1) is 6.24. The van der Waals surface area contributed by atoms with Crippen LogP contribution in [0.5, 0.6) is 0 Å². The molecule has 1 unspecified atom stereocenters. The molecule has 0 saturated heterocycles. The lowest BCUT2D eigenvalue weighted by Crippen LogP contribution is -2.21. The summed E-state index contributed by atoms with van der Waals surface area (Å²) >= 11 is 0. The van der Waals surface area contributed by atoms with Crippen molar-refractivity contribution < 1.29 is 4.74 Å². The average molecular weight is 184 g/mol. The largest absolute Gasteiger partial charge is 0.383 e. The van der Waals surface area contributed by atoms with Gasteiger partial charge < -0.3 is 15.0 Å². The molecule has 13 heavy (non-hydrogen) atoms. The van der Waals surface area contributed by atoms with E-state index in [1.165, 1.54) is 0 Å². The highest BCUT2D eigenvalue weighted by Gasteiger charge is 2.05. The van der Waals surface area contributed by atoms with E-state index in [1.54, 1.807) is 13.4 Å². The summed E-state index contributed by atoms with van der Waals surface area (Å²) in [6, 6.07) is 0.116. The van der Waals surface area contributed by atoms with Crippen molar-refractivity contribution in [1.29, 1.82) is 0 Å². The summed E-state index contributed by atoms with van der Waals surface area (Å²) in [5.74, 6) is 0.923. The smallest absolute Gasteiger partial charge is 0.134 e. The normalized spacial score (nSPS) is 13.2. The Labute approximate surface area is 77.9 Å². The molecule has 0 spiro atoms. The molecule has 5 heteroatoms. The first-order valence-corrected chi connectivity index (χ1v) is 4.35. The van der Waals surface area contributed by atoms with Gasteiger partial charge in [0.2, 0.25) is 0 Å². The van der Waals surface area contributed by atoms with E-state index in [-0.39, 0.29) is 6.04 Å². The summed E-state index contributed by atoms with van der Waals surface area (Å²) in [7, 11) is 1.68. The summed E-state index contributed by atoms with van der Waals surface area (Å²) < 4.78 is 6.93. The van der Waals surface area contributed by atoms with Gasteiger partial charge in [-0.05, 0) is 6.92 Å². The third kappa shape index (κ3) is 3.12. The van der Waals surface area contributed by atoms with E-state index >= 15 is 0 Å². The van der Waals surface area contributed by atoms with Crippen LogP contribution in [0.2, 0.25) is 0 Å².